The normalized spacial score (nSPS) is 12.1. The zero-order chi connectivity index (χ0) is 19.4. The number of benzene rings is 1. The molecule has 4 nitrogen and oxygen atoms in total. The predicted octanol–water partition coefficient (Wildman–Crippen LogP) is 6.54. The molecule has 2 rings (SSSR count). The number of fused-ring (bicyclic) bond motifs is 1. The minimum atomic E-state index is -0.411. The number of nitrogens with zero attached hydrogens (tertiary/aromatic N) is 3. The molecule has 0 atom stereocenters. The zero-order valence-electron chi connectivity index (χ0n) is 17.6. The number of rotatable bonds is 15. The van der Waals surface area contributed by atoms with Gasteiger partial charge in [0, 0.05) is 0 Å². The first-order valence-electron chi connectivity index (χ1n) is 11.3. The molecule has 1 aromatic heterocycles. The third kappa shape index (κ3) is 6.91. The van der Waals surface area contributed by atoms with Crippen molar-refractivity contribution in [3.05, 3.63) is 24.3 Å². The van der Waals surface area contributed by atoms with Crippen molar-refractivity contribution < 1.29 is 0 Å². The summed E-state index contributed by atoms with van der Waals surface area (Å²) in [6.45, 7) is 4.53. The van der Waals surface area contributed by atoms with Crippen LogP contribution in [0.5, 0.6) is 0 Å². The molecule has 4 heteroatoms. The lowest BCUT2D eigenvalue weighted by molar-refractivity contribution is 0.212. The molecule has 1 heterocycles. The van der Waals surface area contributed by atoms with Crippen LogP contribution < -0.4 is 5.73 Å². The maximum atomic E-state index is 6.97. The van der Waals surface area contributed by atoms with Gasteiger partial charge < -0.3 is 5.73 Å². The summed E-state index contributed by atoms with van der Waals surface area (Å²) in [5, 5.41) is 8.82. The van der Waals surface area contributed by atoms with E-state index in [1.165, 1.54) is 77.0 Å². The second-order valence-corrected chi connectivity index (χ2v) is 8.13. The van der Waals surface area contributed by atoms with E-state index in [-0.39, 0.29) is 0 Å². The Bertz CT molecular complexity index is 618. The van der Waals surface area contributed by atoms with Crippen LogP contribution in [0.4, 0.5) is 0 Å². The quantitative estimate of drug-likeness (QED) is 0.361. The molecule has 0 saturated heterocycles. The molecule has 0 aliphatic heterocycles. The molecule has 0 aliphatic rings. The summed E-state index contributed by atoms with van der Waals surface area (Å²) < 4.78 is 2.01. The molecule has 0 bridgehead atoms. The van der Waals surface area contributed by atoms with Gasteiger partial charge in [0.1, 0.15) is 11.2 Å². The van der Waals surface area contributed by atoms with E-state index in [2.05, 4.69) is 36.3 Å². The van der Waals surface area contributed by atoms with Gasteiger partial charge in [-0.3, -0.25) is 0 Å². The Morgan fingerprint density at radius 2 is 1.30 bits per heavy atom. The van der Waals surface area contributed by atoms with E-state index in [0.717, 1.165) is 23.9 Å². The van der Waals surface area contributed by atoms with E-state index in [4.69, 9.17) is 5.73 Å². The van der Waals surface area contributed by atoms with E-state index in [1.807, 2.05) is 16.8 Å². The fourth-order valence-electron chi connectivity index (χ4n) is 3.96. The van der Waals surface area contributed by atoms with Gasteiger partial charge >= 0.3 is 0 Å². The smallest absolute Gasteiger partial charge is 0.113 e. The van der Waals surface area contributed by atoms with Crippen molar-refractivity contribution in [3.63, 3.8) is 0 Å². The molecule has 152 valence electrons. The zero-order valence-corrected chi connectivity index (χ0v) is 17.6. The lowest BCUT2D eigenvalue weighted by atomic mass is 9.94. The predicted molar refractivity (Wildman–Crippen MR) is 116 cm³/mol. The van der Waals surface area contributed by atoms with E-state index in [9.17, 15) is 0 Å². The van der Waals surface area contributed by atoms with Crippen molar-refractivity contribution in [2.75, 3.05) is 0 Å². The summed E-state index contributed by atoms with van der Waals surface area (Å²) in [6, 6.07) is 8.19. The van der Waals surface area contributed by atoms with Gasteiger partial charge in [0.05, 0.1) is 5.52 Å². The van der Waals surface area contributed by atoms with Crippen molar-refractivity contribution in [1.82, 2.24) is 15.0 Å². The summed E-state index contributed by atoms with van der Waals surface area (Å²) in [7, 11) is 0. The van der Waals surface area contributed by atoms with Crippen LogP contribution in [0.1, 0.15) is 104 Å². The summed E-state index contributed by atoms with van der Waals surface area (Å²) >= 11 is 0. The van der Waals surface area contributed by atoms with E-state index in [0.29, 0.717) is 0 Å². The summed E-state index contributed by atoms with van der Waals surface area (Å²) in [4.78, 5) is 0. The molecule has 0 aliphatic carbocycles. The molecule has 2 aromatic rings. The van der Waals surface area contributed by atoms with Crippen molar-refractivity contribution in [2.24, 2.45) is 5.73 Å². The highest BCUT2D eigenvalue weighted by molar-refractivity contribution is 5.74. The highest BCUT2D eigenvalue weighted by atomic mass is 15.5. The van der Waals surface area contributed by atoms with Crippen molar-refractivity contribution in [3.8, 4) is 0 Å². The lowest BCUT2D eigenvalue weighted by Crippen LogP contribution is -2.44. The Hall–Kier alpha value is -1.42. The fraction of sp³-hybridized carbons (Fsp3) is 0.739. The summed E-state index contributed by atoms with van der Waals surface area (Å²) in [6.07, 6.45) is 17.5. The molecule has 2 N–H and O–H groups in total. The van der Waals surface area contributed by atoms with Crippen LogP contribution in [-0.2, 0) is 5.66 Å². The number of nitrogens with two attached hydrogens (primary N) is 1. The molecule has 0 fully saturated rings. The highest BCUT2D eigenvalue weighted by Gasteiger charge is 2.29. The van der Waals surface area contributed by atoms with Gasteiger partial charge in [-0.15, -0.1) is 5.10 Å². The van der Waals surface area contributed by atoms with Crippen LogP contribution in [0.15, 0.2) is 24.3 Å². The summed E-state index contributed by atoms with van der Waals surface area (Å²) in [5.74, 6) is 0. The van der Waals surface area contributed by atoms with Gasteiger partial charge in [-0.25, -0.2) is 4.68 Å². The molecule has 0 saturated carbocycles. The largest absolute Gasteiger partial charge is 0.307 e. The van der Waals surface area contributed by atoms with Crippen LogP contribution >= 0.6 is 0 Å². The first-order valence-corrected chi connectivity index (χ1v) is 11.3. The fourth-order valence-corrected chi connectivity index (χ4v) is 3.96. The Morgan fingerprint density at radius 3 is 1.89 bits per heavy atom. The molecule has 0 amide bonds. The Morgan fingerprint density at radius 1 is 0.778 bits per heavy atom. The van der Waals surface area contributed by atoms with Crippen molar-refractivity contribution >= 4 is 11.0 Å². The monoisotopic (exact) mass is 372 g/mol. The van der Waals surface area contributed by atoms with E-state index < -0.39 is 5.66 Å². The number of para-hydroxylation sites is 1. The minimum Gasteiger partial charge on any atom is -0.307 e. The number of unbranched alkanes of at least 4 members (excludes halogenated alkanes) is 10. The van der Waals surface area contributed by atoms with Crippen LogP contribution in [0.25, 0.3) is 11.0 Å². The third-order valence-corrected chi connectivity index (χ3v) is 5.70. The third-order valence-electron chi connectivity index (χ3n) is 5.70. The van der Waals surface area contributed by atoms with Gasteiger partial charge in [-0.05, 0) is 37.8 Å². The van der Waals surface area contributed by atoms with Gasteiger partial charge in [0.25, 0.3) is 0 Å². The minimum absolute atomic E-state index is 0.411. The molecule has 27 heavy (non-hydrogen) atoms. The second-order valence-electron chi connectivity index (χ2n) is 8.13. The Labute approximate surface area is 165 Å². The first-order chi connectivity index (χ1) is 13.2. The lowest BCUT2D eigenvalue weighted by Gasteiger charge is -2.30. The number of hydrogen-bond acceptors (Lipinski definition) is 3. The number of aromatic nitrogens is 3. The SMILES string of the molecule is CCCCCCCCC(N)(CCCCCCCC)n1nnc2ccccc21. The maximum Gasteiger partial charge on any atom is 0.113 e. The second kappa shape index (κ2) is 12.1. The average Bonchev–Trinajstić information content (AvgIpc) is 3.12. The molecule has 0 unspecified atom stereocenters. The van der Waals surface area contributed by atoms with E-state index >= 15 is 0 Å². The Balaban J connectivity index is 1.97. The molecular formula is C23H40N4. The van der Waals surface area contributed by atoms with Crippen LogP contribution in [0, 0.1) is 0 Å². The van der Waals surface area contributed by atoms with Crippen LogP contribution in [0.2, 0.25) is 0 Å². The Kier molecular flexibility index (Phi) is 9.82. The molecule has 0 radical (unpaired) electrons. The first kappa shape index (κ1) is 21.9. The van der Waals surface area contributed by atoms with Crippen molar-refractivity contribution in [2.45, 2.75) is 109 Å². The van der Waals surface area contributed by atoms with Crippen LogP contribution in [-0.4, -0.2) is 15.0 Å². The number of hydrogen-bond donors (Lipinski definition) is 1. The van der Waals surface area contributed by atoms with E-state index in [1.54, 1.807) is 0 Å². The van der Waals surface area contributed by atoms with Crippen molar-refractivity contribution in [1.29, 1.82) is 0 Å². The van der Waals surface area contributed by atoms with Gasteiger partial charge in [0.2, 0.25) is 0 Å². The topological polar surface area (TPSA) is 56.7 Å². The average molecular weight is 373 g/mol. The van der Waals surface area contributed by atoms with Gasteiger partial charge in [-0.2, -0.15) is 0 Å². The van der Waals surface area contributed by atoms with Crippen LogP contribution in [0.3, 0.4) is 0 Å². The molecule has 0 spiro atoms. The highest BCUT2D eigenvalue weighted by Crippen LogP contribution is 2.28. The van der Waals surface area contributed by atoms with Gasteiger partial charge in [-0.1, -0.05) is 95.4 Å². The maximum absolute atomic E-state index is 6.97. The van der Waals surface area contributed by atoms with Gasteiger partial charge in [0.15, 0.2) is 0 Å². The standard InChI is InChI=1S/C23H40N4/c1-3-5-7-9-11-15-19-23(24,20-16-12-10-8-6-4-2)27-22-18-14-13-17-21(22)25-26-27/h13-14,17-18H,3-12,15-16,19-20,24H2,1-2H3. The molecule has 1 aromatic carbocycles. The summed E-state index contributed by atoms with van der Waals surface area (Å²) in [5.41, 5.74) is 8.57. The molecular weight excluding hydrogens is 332 g/mol.